The maximum Gasteiger partial charge on any atom is 0.271 e. The molecular weight excluding hydrogens is 434 g/mol. The molecule has 3 N–H and O–H groups in total. The average molecular weight is 453 g/mol. The molecule has 0 radical (unpaired) electrons. The highest BCUT2D eigenvalue weighted by Crippen LogP contribution is 2.45. The van der Waals surface area contributed by atoms with Gasteiger partial charge in [-0.1, -0.05) is 11.6 Å². The van der Waals surface area contributed by atoms with Crippen LogP contribution >= 0.6 is 19.7 Å². The van der Waals surface area contributed by atoms with Gasteiger partial charge in [-0.15, -0.1) is 0 Å². The summed E-state index contributed by atoms with van der Waals surface area (Å²) >= 11 is 5.61. The van der Waals surface area contributed by atoms with Gasteiger partial charge in [0.25, 0.3) is 11.8 Å². The van der Waals surface area contributed by atoms with Crippen molar-refractivity contribution < 1.29 is 23.8 Å². The third-order valence-corrected chi connectivity index (χ3v) is 6.63. The van der Waals surface area contributed by atoms with Crippen LogP contribution in [0.15, 0.2) is 48.2 Å². The molecule has 0 aliphatic carbocycles. The summed E-state index contributed by atoms with van der Waals surface area (Å²) in [5, 5.41) is 15.9. The minimum atomic E-state index is -1.37. The van der Waals surface area contributed by atoms with E-state index in [1.54, 1.807) is 5.82 Å². The Morgan fingerprint density at radius 1 is 1.40 bits per heavy atom. The summed E-state index contributed by atoms with van der Waals surface area (Å²) in [7, 11) is -1.37. The summed E-state index contributed by atoms with van der Waals surface area (Å²) in [6.07, 6.45) is 4.48. The van der Waals surface area contributed by atoms with Gasteiger partial charge in [0, 0.05) is 33.0 Å². The molecule has 11 heteroatoms. The molecule has 0 bridgehead atoms. The number of hydrogen-bond acceptors (Lipinski definition) is 6. The molecule has 8 nitrogen and oxygen atoms in total. The first kappa shape index (κ1) is 22.1. The SMILES string of the molecule is CC1=CP(NC(=O)COc2ccc(Cl)c(F)c2)C(O)CC1NC(=O)c1cnccn1. The van der Waals surface area contributed by atoms with Crippen LogP contribution in [0.5, 0.6) is 5.75 Å². The van der Waals surface area contributed by atoms with Crippen molar-refractivity contribution >= 4 is 31.5 Å². The monoisotopic (exact) mass is 452 g/mol. The van der Waals surface area contributed by atoms with E-state index in [1.807, 2.05) is 6.92 Å². The minimum Gasteiger partial charge on any atom is -0.484 e. The van der Waals surface area contributed by atoms with Crippen molar-refractivity contribution in [1.82, 2.24) is 20.4 Å². The van der Waals surface area contributed by atoms with Gasteiger partial charge in [-0.2, -0.15) is 0 Å². The molecule has 1 aromatic carbocycles. The maximum absolute atomic E-state index is 13.4. The third kappa shape index (κ3) is 5.72. The van der Waals surface area contributed by atoms with Crippen LogP contribution in [0.4, 0.5) is 4.39 Å². The molecule has 3 rings (SSSR count). The van der Waals surface area contributed by atoms with E-state index in [0.29, 0.717) is 0 Å². The topological polar surface area (TPSA) is 113 Å². The van der Waals surface area contributed by atoms with Crippen molar-refractivity contribution in [3.05, 3.63) is 64.7 Å². The van der Waals surface area contributed by atoms with Crippen LogP contribution in [0.2, 0.25) is 5.02 Å². The van der Waals surface area contributed by atoms with Gasteiger partial charge in [0.05, 0.1) is 23.1 Å². The van der Waals surface area contributed by atoms with E-state index in [9.17, 15) is 19.1 Å². The van der Waals surface area contributed by atoms with Gasteiger partial charge in [-0.05, 0) is 30.4 Å². The number of carbonyl (C=O) groups is 2. The largest absolute Gasteiger partial charge is 0.484 e. The number of carbonyl (C=O) groups excluding carboxylic acids is 2. The van der Waals surface area contributed by atoms with Crippen LogP contribution in [0.3, 0.4) is 0 Å². The number of hydrogen-bond donors (Lipinski definition) is 3. The van der Waals surface area contributed by atoms with Crippen molar-refractivity contribution in [1.29, 1.82) is 0 Å². The Kier molecular flexibility index (Phi) is 7.31. The second-order valence-corrected chi connectivity index (χ2v) is 8.81. The number of aromatic nitrogens is 2. The number of nitrogens with zero attached hydrogens (tertiary/aromatic N) is 2. The fourth-order valence-corrected chi connectivity index (χ4v) is 4.64. The van der Waals surface area contributed by atoms with Crippen LogP contribution in [0, 0.1) is 5.82 Å². The average Bonchev–Trinajstić information content (AvgIpc) is 2.73. The molecule has 0 spiro atoms. The number of halogens is 2. The van der Waals surface area contributed by atoms with E-state index < -0.39 is 37.6 Å². The number of aliphatic hydroxyl groups is 1. The van der Waals surface area contributed by atoms with E-state index in [2.05, 4.69) is 20.4 Å². The molecule has 2 aromatic rings. The summed E-state index contributed by atoms with van der Waals surface area (Å²) in [4.78, 5) is 32.2. The quantitative estimate of drug-likeness (QED) is 0.581. The zero-order chi connectivity index (χ0) is 21.7. The summed E-state index contributed by atoms with van der Waals surface area (Å²) in [5.41, 5.74) is 0.987. The van der Waals surface area contributed by atoms with Crippen molar-refractivity contribution in [3.8, 4) is 5.75 Å². The molecule has 3 atom stereocenters. The van der Waals surface area contributed by atoms with Crippen molar-refractivity contribution in [2.45, 2.75) is 25.2 Å². The lowest BCUT2D eigenvalue weighted by atomic mass is 10.1. The van der Waals surface area contributed by atoms with Gasteiger partial charge in [-0.3, -0.25) is 14.6 Å². The van der Waals surface area contributed by atoms with Crippen molar-refractivity contribution in [2.75, 3.05) is 6.61 Å². The van der Waals surface area contributed by atoms with E-state index in [0.717, 1.165) is 11.6 Å². The number of ether oxygens (including phenoxy) is 1. The highest BCUT2D eigenvalue weighted by Gasteiger charge is 2.30. The standard InChI is InChI=1S/C19H19ClFN4O4P/c1-11-10-30(25-17(26)9-29-12-2-3-13(20)14(21)6-12)18(27)7-15(11)24-19(28)16-8-22-4-5-23-16/h2-6,8,10,15,18,27H,7,9H2,1H3,(H,24,28)(H,25,26). The van der Waals surface area contributed by atoms with Crippen LogP contribution in [0.1, 0.15) is 23.8 Å². The zero-order valence-corrected chi connectivity index (χ0v) is 17.5. The number of aliphatic hydroxyl groups excluding tert-OH is 1. The molecule has 3 unspecified atom stereocenters. The van der Waals surface area contributed by atoms with E-state index in [1.165, 1.54) is 30.7 Å². The molecule has 0 saturated carbocycles. The van der Waals surface area contributed by atoms with E-state index >= 15 is 0 Å². The summed E-state index contributed by atoms with van der Waals surface area (Å²) in [5.74, 6) is -0.441. The Bertz CT molecular complexity index is 963. The zero-order valence-electron chi connectivity index (χ0n) is 15.9. The first-order valence-corrected chi connectivity index (χ1v) is 10.8. The first-order valence-electron chi connectivity index (χ1n) is 8.92. The highest BCUT2D eigenvalue weighted by atomic mass is 35.5. The van der Waals surface area contributed by atoms with Gasteiger partial charge in [0.15, 0.2) is 6.61 Å². The number of nitrogens with one attached hydrogen (secondary N) is 2. The fourth-order valence-electron chi connectivity index (χ4n) is 2.73. The second kappa shape index (κ2) is 9.93. The highest BCUT2D eigenvalue weighted by molar-refractivity contribution is 7.60. The van der Waals surface area contributed by atoms with Crippen molar-refractivity contribution in [3.63, 3.8) is 0 Å². The molecule has 1 aromatic heterocycles. The molecular formula is C19H19ClFN4O4P. The molecule has 30 heavy (non-hydrogen) atoms. The molecule has 0 saturated heterocycles. The molecule has 158 valence electrons. The second-order valence-electron chi connectivity index (χ2n) is 6.51. The molecule has 1 aliphatic rings. The Morgan fingerprint density at radius 2 is 2.20 bits per heavy atom. The Labute approximate surface area is 178 Å². The molecule has 2 amide bonds. The van der Waals surface area contributed by atoms with Gasteiger partial charge in [0.2, 0.25) is 0 Å². The van der Waals surface area contributed by atoms with Crippen molar-refractivity contribution in [2.24, 2.45) is 0 Å². The Hall–Kier alpha value is -2.61. The Morgan fingerprint density at radius 3 is 2.90 bits per heavy atom. The maximum atomic E-state index is 13.4. The predicted octanol–water partition coefficient (Wildman–Crippen LogP) is 2.59. The third-order valence-electron chi connectivity index (χ3n) is 4.28. The molecule has 2 heterocycles. The van der Waals surface area contributed by atoms with Crippen LogP contribution in [0.25, 0.3) is 0 Å². The van der Waals surface area contributed by atoms with Gasteiger partial charge < -0.3 is 20.2 Å². The lowest BCUT2D eigenvalue weighted by Gasteiger charge is -2.32. The van der Waals surface area contributed by atoms with Crippen LogP contribution < -0.4 is 15.1 Å². The summed E-state index contributed by atoms with van der Waals surface area (Å²) < 4.78 is 18.7. The Balaban J connectivity index is 1.54. The van der Waals surface area contributed by atoms with E-state index in [-0.39, 0.29) is 29.5 Å². The summed E-state index contributed by atoms with van der Waals surface area (Å²) in [6, 6.07) is 3.48. The smallest absolute Gasteiger partial charge is 0.271 e. The van der Waals surface area contributed by atoms with Crippen LogP contribution in [-0.4, -0.2) is 45.4 Å². The van der Waals surface area contributed by atoms with Gasteiger partial charge in [-0.25, -0.2) is 9.37 Å². The molecule has 0 fully saturated rings. The molecule has 1 aliphatic heterocycles. The minimum absolute atomic E-state index is 0.0397. The number of amides is 2. The first-order chi connectivity index (χ1) is 14.3. The number of benzene rings is 1. The lowest BCUT2D eigenvalue weighted by molar-refractivity contribution is -0.121. The normalized spacial score (nSPS) is 20.8. The summed E-state index contributed by atoms with van der Waals surface area (Å²) in [6.45, 7) is 1.47. The fraction of sp³-hybridized carbons (Fsp3) is 0.263. The lowest BCUT2D eigenvalue weighted by Crippen LogP contribution is -2.41. The van der Waals surface area contributed by atoms with Crippen LogP contribution in [-0.2, 0) is 4.79 Å². The van der Waals surface area contributed by atoms with Gasteiger partial charge >= 0.3 is 0 Å². The van der Waals surface area contributed by atoms with E-state index in [4.69, 9.17) is 16.3 Å². The predicted molar refractivity (Wildman–Crippen MR) is 110 cm³/mol. The van der Waals surface area contributed by atoms with Gasteiger partial charge in [0.1, 0.15) is 17.3 Å². The number of rotatable bonds is 6.